The number of nitrogen functional groups attached to an aromatic ring is 1. The predicted molar refractivity (Wildman–Crippen MR) is 135 cm³/mol. The molecule has 1 aromatic rings. The van der Waals surface area contributed by atoms with Crippen LogP contribution in [0.4, 0.5) is 19.7 Å². The van der Waals surface area contributed by atoms with Crippen molar-refractivity contribution >= 4 is 33.5 Å². The maximum atomic E-state index is 15.1. The van der Waals surface area contributed by atoms with Crippen LogP contribution in [0.2, 0.25) is 0 Å². The van der Waals surface area contributed by atoms with Gasteiger partial charge in [-0.3, -0.25) is 4.99 Å². The van der Waals surface area contributed by atoms with E-state index in [1.807, 2.05) is 0 Å². The minimum absolute atomic E-state index is 0.0362. The molecule has 1 fully saturated rings. The fraction of sp³-hybridized carbons (Fsp3) is 0.640. The van der Waals surface area contributed by atoms with Crippen molar-refractivity contribution in [1.82, 2.24) is 4.90 Å². The van der Waals surface area contributed by atoms with Gasteiger partial charge in [0.25, 0.3) is 0 Å². The van der Waals surface area contributed by atoms with Crippen LogP contribution in [0.15, 0.2) is 23.2 Å². The Labute approximate surface area is 212 Å². The molecule has 1 saturated heterocycles. The van der Waals surface area contributed by atoms with Crippen molar-refractivity contribution in [1.29, 1.82) is 0 Å². The van der Waals surface area contributed by atoms with Crippen molar-refractivity contribution in [2.75, 3.05) is 5.73 Å². The first-order chi connectivity index (χ1) is 16.2. The molecule has 1 aromatic carbocycles. The molecule has 3 atom stereocenters. The molecule has 0 aliphatic carbocycles. The Balaban J connectivity index is 2.35. The lowest BCUT2D eigenvalue weighted by atomic mass is 9.82. The second-order valence-corrected chi connectivity index (χ2v) is 14.3. The van der Waals surface area contributed by atoms with Crippen LogP contribution >= 0.6 is 0 Å². The standard InChI is InChI=1S/C25H36FN3O6S/c1-22(2,3)34-20(30)29(21(31)35-23(4,5)6)19-24(7)13-9-10-18(36(24,32)33)25(8,28-19)16-14-15(27)11-12-17(16)26/h11-12,14,18H,9-10,13,27H2,1-8H3/t18-,24+,25-/m1/s1. The van der Waals surface area contributed by atoms with E-state index in [4.69, 9.17) is 20.2 Å². The lowest BCUT2D eigenvalue weighted by Gasteiger charge is -2.50. The number of rotatable bonds is 1. The van der Waals surface area contributed by atoms with Crippen molar-refractivity contribution < 1.29 is 31.9 Å². The summed E-state index contributed by atoms with van der Waals surface area (Å²) in [5, 5.41) is -1.09. The second kappa shape index (κ2) is 8.71. The van der Waals surface area contributed by atoms with Gasteiger partial charge in [-0.2, -0.15) is 4.90 Å². The number of fused-ring (bicyclic) bond motifs is 2. The van der Waals surface area contributed by atoms with Crippen LogP contribution in [0.1, 0.15) is 80.2 Å². The number of carbonyl (C=O) groups excluding carboxylic acids is 2. The molecule has 0 radical (unpaired) electrons. The minimum Gasteiger partial charge on any atom is -0.443 e. The van der Waals surface area contributed by atoms with E-state index < -0.39 is 54.6 Å². The number of ether oxygens (including phenoxy) is 2. The molecule has 36 heavy (non-hydrogen) atoms. The van der Waals surface area contributed by atoms with E-state index in [9.17, 15) is 18.0 Å². The first kappa shape index (κ1) is 27.9. The number of nitrogens with zero attached hydrogens (tertiary/aromatic N) is 2. The number of benzene rings is 1. The summed E-state index contributed by atoms with van der Waals surface area (Å²) in [5.41, 5.74) is 2.42. The molecule has 3 rings (SSSR count). The summed E-state index contributed by atoms with van der Waals surface area (Å²) >= 11 is 0. The highest BCUT2D eigenvalue weighted by Crippen LogP contribution is 2.51. The van der Waals surface area contributed by atoms with E-state index in [1.54, 1.807) is 41.5 Å². The number of anilines is 1. The maximum absolute atomic E-state index is 15.1. The Morgan fingerprint density at radius 3 is 2.11 bits per heavy atom. The number of amides is 2. The first-order valence-corrected chi connectivity index (χ1v) is 13.4. The topological polar surface area (TPSA) is 128 Å². The summed E-state index contributed by atoms with van der Waals surface area (Å²) in [5.74, 6) is -1.05. The normalized spacial score (nSPS) is 27.6. The van der Waals surface area contributed by atoms with Gasteiger partial charge >= 0.3 is 12.2 Å². The number of aliphatic imine (C=N–C) groups is 1. The van der Waals surface area contributed by atoms with E-state index >= 15 is 4.39 Å². The Hall–Kier alpha value is -2.69. The highest BCUT2D eigenvalue weighted by atomic mass is 32.2. The van der Waals surface area contributed by atoms with Gasteiger partial charge in [-0.1, -0.05) is 6.42 Å². The molecule has 2 amide bonds. The number of imide groups is 1. The zero-order valence-corrected chi connectivity index (χ0v) is 23.0. The molecule has 9 nitrogen and oxygen atoms in total. The summed E-state index contributed by atoms with van der Waals surface area (Å²) in [6.07, 6.45) is -1.46. The van der Waals surface area contributed by atoms with Gasteiger partial charge in [0.15, 0.2) is 9.84 Å². The minimum atomic E-state index is -4.09. The van der Waals surface area contributed by atoms with Gasteiger partial charge in [0.2, 0.25) is 0 Å². The lowest BCUT2D eigenvalue weighted by molar-refractivity contribution is 0.0136. The third-order valence-electron chi connectivity index (χ3n) is 6.46. The van der Waals surface area contributed by atoms with Crippen LogP contribution in [-0.4, -0.2) is 52.5 Å². The number of amidine groups is 1. The van der Waals surface area contributed by atoms with Gasteiger partial charge in [-0.15, -0.1) is 0 Å². The zero-order chi connectivity index (χ0) is 27.5. The largest absolute Gasteiger partial charge is 0.443 e. The number of hydrogen-bond donors (Lipinski definition) is 1. The molecule has 0 aromatic heterocycles. The Morgan fingerprint density at radius 1 is 1.08 bits per heavy atom. The van der Waals surface area contributed by atoms with Crippen molar-refractivity contribution in [3.63, 3.8) is 0 Å². The van der Waals surface area contributed by atoms with Crippen LogP contribution in [0.3, 0.4) is 0 Å². The molecule has 11 heteroatoms. The average Bonchev–Trinajstić information content (AvgIpc) is 2.67. The molecular formula is C25H36FN3O6S. The number of hydrogen-bond acceptors (Lipinski definition) is 8. The van der Waals surface area contributed by atoms with E-state index in [-0.39, 0.29) is 29.9 Å². The number of carbonyl (C=O) groups is 2. The first-order valence-electron chi connectivity index (χ1n) is 11.9. The van der Waals surface area contributed by atoms with Crippen molar-refractivity contribution in [3.05, 3.63) is 29.6 Å². The molecule has 0 saturated carbocycles. The summed E-state index contributed by atoms with van der Waals surface area (Å²) in [4.78, 5) is 32.1. The Bertz CT molecular complexity index is 1190. The van der Waals surface area contributed by atoms with Gasteiger partial charge in [-0.05, 0) is 86.4 Å². The van der Waals surface area contributed by atoms with Gasteiger partial charge in [0.05, 0.1) is 5.25 Å². The Morgan fingerprint density at radius 2 is 1.61 bits per heavy atom. The molecule has 2 N–H and O–H groups in total. The number of halogens is 1. The lowest BCUT2D eigenvalue weighted by Crippen LogP contribution is -2.66. The SMILES string of the molecule is CC(C)(C)OC(=O)N(C(=O)OC(C)(C)C)C1=N[C@](C)(c2cc(N)ccc2F)[C@H]2CCC[C@]1(C)S2(=O)=O. The zero-order valence-electron chi connectivity index (χ0n) is 22.1. The van der Waals surface area contributed by atoms with E-state index in [0.29, 0.717) is 11.3 Å². The Kier molecular flexibility index (Phi) is 6.75. The van der Waals surface area contributed by atoms with Crippen LogP contribution in [0.25, 0.3) is 0 Å². The molecule has 0 spiro atoms. The fourth-order valence-electron chi connectivity index (χ4n) is 4.78. The highest BCUT2D eigenvalue weighted by Gasteiger charge is 2.64. The fourth-order valence-corrected chi connectivity index (χ4v) is 7.49. The molecule has 2 heterocycles. The quantitative estimate of drug-likeness (QED) is 0.515. The molecular weight excluding hydrogens is 489 g/mol. The third kappa shape index (κ3) is 4.81. The molecule has 2 aliphatic rings. The highest BCUT2D eigenvalue weighted by molar-refractivity contribution is 7.94. The summed E-state index contributed by atoms with van der Waals surface area (Å²) in [7, 11) is -4.09. The summed E-state index contributed by atoms with van der Waals surface area (Å²) in [6, 6.07) is 3.85. The second-order valence-electron chi connectivity index (χ2n) is 11.8. The van der Waals surface area contributed by atoms with Gasteiger partial charge < -0.3 is 15.2 Å². The summed E-state index contributed by atoms with van der Waals surface area (Å²) < 4.78 is 52.5. The maximum Gasteiger partial charge on any atom is 0.425 e. The van der Waals surface area contributed by atoms with Gasteiger partial charge in [0.1, 0.15) is 33.1 Å². The van der Waals surface area contributed by atoms with Crippen molar-refractivity contribution in [2.45, 2.75) is 101 Å². The van der Waals surface area contributed by atoms with E-state index in [2.05, 4.69) is 0 Å². The van der Waals surface area contributed by atoms with E-state index in [0.717, 1.165) is 6.07 Å². The third-order valence-corrected chi connectivity index (χ3v) is 9.55. The van der Waals surface area contributed by atoms with Crippen LogP contribution in [0, 0.1) is 5.82 Å². The van der Waals surface area contributed by atoms with Gasteiger partial charge in [0, 0.05) is 11.3 Å². The number of nitrogens with two attached hydrogens (primary N) is 1. The molecule has 0 unspecified atom stereocenters. The molecule has 200 valence electrons. The molecule has 2 bridgehead atoms. The van der Waals surface area contributed by atoms with Crippen LogP contribution < -0.4 is 5.73 Å². The predicted octanol–water partition coefficient (Wildman–Crippen LogP) is 4.93. The van der Waals surface area contributed by atoms with E-state index in [1.165, 1.54) is 26.0 Å². The van der Waals surface area contributed by atoms with Crippen molar-refractivity contribution in [2.24, 2.45) is 4.99 Å². The summed E-state index contributed by atoms with van der Waals surface area (Å²) in [6.45, 7) is 12.6. The molecule has 2 aliphatic heterocycles. The monoisotopic (exact) mass is 525 g/mol. The average molecular weight is 526 g/mol. The van der Waals surface area contributed by atoms with Crippen LogP contribution in [-0.2, 0) is 24.8 Å². The van der Waals surface area contributed by atoms with Crippen molar-refractivity contribution in [3.8, 4) is 0 Å². The van der Waals surface area contributed by atoms with Crippen LogP contribution in [0.5, 0.6) is 0 Å². The smallest absolute Gasteiger partial charge is 0.425 e. The van der Waals surface area contributed by atoms with Gasteiger partial charge in [-0.25, -0.2) is 22.4 Å². The number of sulfone groups is 1.